The van der Waals surface area contributed by atoms with Crippen molar-refractivity contribution in [2.75, 3.05) is 38.4 Å². The highest BCUT2D eigenvalue weighted by Gasteiger charge is 2.17. The monoisotopic (exact) mass is 561 g/mol. The summed E-state index contributed by atoms with van der Waals surface area (Å²) in [5.74, 6) is -0.634. The lowest BCUT2D eigenvalue weighted by Gasteiger charge is -2.15. The average molecular weight is 562 g/mol. The molecule has 0 spiro atoms. The Balaban J connectivity index is 1.68. The highest BCUT2D eigenvalue weighted by atomic mass is 19.1. The van der Waals surface area contributed by atoms with Gasteiger partial charge in [0.15, 0.2) is 0 Å². The number of hydrogen-bond acceptors (Lipinski definition) is 6. The second-order valence-electron chi connectivity index (χ2n) is 9.63. The highest BCUT2D eigenvalue weighted by Crippen LogP contribution is 2.28. The summed E-state index contributed by atoms with van der Waals surface area (Å²) in [6.07, 6.45) is 1.87. The van der Waals surface area contributed by atoms with Gasteiger partial charge in [-0.3, -0.25) is 9.79 Å². The number of anilines is 1. The zero-order valence-electron chi connectivity index (χ0n) is 24.0. The van der Waals surface area contributed by atoms with Crippen LogP contribution in [0, 0.1) is 12.7 Å². The van der Waals surface area contributed by atoms with Gasteiger partial charge in [0.1, 0.15) is 5.82 Å². The van der Waals surface area contributed by atoms with Gasteiger partial charge in [-0.1, -0.05) is 49.4 Å². The molecule has 0 atom stereocenters. The van der Waals surface area contributed by atoms with Gasteiger partial charge in [-0.25, -0.2) is 4.39 Å². The Morgan fingerprint density at radius 1 is 0.902 bits per heavy atom. The number of ether oxygens (including phenoxy) is 3. The van der Waals surface area contributed by atoms with Crippen molar-refractivity contribution in [3.8, 4) is 0 Å². The number of carbonyl (C=O) groups is 1. The van der Waals surface area contributed by atoms with Crippen molar-refractivity contribution in [2.24, 2.45) is 10.7 Å². The fraction of sp³-hybridized carbons (Fsp3) is 0.333. The Morgan fingerprint density at radius 2 is 1.54 bits per heavy atom. The summed E-state index contributed by atoms with van der Waals surface area (Å²) < 4.78 is 30.0. The van der Waals surface area contributed by atoms with Crippen molar-refractivity contribution in [2.45, 2.75) is 39.7 Å². The minimum absolute atomic E-state index is 0.306. The molecule has 3 aromatic rings. The van der Waals surface area contributed by atoms with Gasteiger partial charge in [-0.2, -0.15) is 0 Å². The van der Waals surface area contributed by atoms with Gasteiger partial charge >= 0.3 is 0 Å². The number of halogens is 1. The second-order valence-corrected chi connectivity index (χ2v) is 9.63. The van der Waals surface area contributed by atoms with E-state index in [9.17, 15) is 9.18 Å². The van der Waals surface area contributed by atoms with Crippen LogP contribution >= 0.6 is 0 Å². The van der Waals surface area contributed by atoms with Crippen LogP contribution in [0.25, 0.3) is 5.70 Å². The van der Waals surface area contributed by atoms with Gasteiger partial charge in [0.05, 0.1) is 44.4 Å². The minimum Gasteiger partial charge on any atom is -0.398 e. The molecule has 3 rings (SSSR count). The predicted molar refractivity (Wildman–Crippen MR) is 163 cm³/mol. The third-order valence-corrected chi connectivity index (χ3v) is 6.37. The lowest BCUT2D eigenvalue weighted by atomic mass is 9.98. The largest absolute Gasteiger partial charge is 0.398 e. The van der Waals surface area contributed by atoms with Gasteiger partial charge in [0.25, 0.3) is 5.91 Å². The maximum atomic E-state index is 13.5. The number of nitrogens with one attached hydrogen (secondary N) is 1. The zero-order chi connectivity index (χ0) is 29.5. The summed E-state index contributed by atoms with van der Waals surface area (Å²) in [4.78, 5) is 17.6. The van der Waals surface area contributed by atoms with E-state index < -0.39 is 0 Å². The molecule has 0 saturated heterocycles. The summed E-state index contributed by atoms with van der Waals surface area (Å²) in [5, 5.41) is 2.94. The van der Waals surface area contributed by atoms with Crippen LogP contribution < -0.4 is 11.1 Å². The van der Waals surface area contributed by atoms with Crippen LogP contribution in [0.1, 0.15) is 42.0 Å². The molecule has 0 aliphatic rings. The molecular formula is C33H40FN3O4. The Labute approximate surface area is 242 Å². The van der Waals surface area contributed by atoms with E-state index in [1.54, 1.807) is 18.2 Å². The third-order valence-electron chi connectivity index (χ3n) is 6.37. The number of carbonyl (C=O) groups excluding carboxylic acids is 1. The van der Waals surface area contributed by atoms with E-state index >= 15 is 0 Å². The smallest absolute Gasteiger partial charge is 0.253 e. The molecule has 0 heterocycles. The van der Waals surface area contributed by atoms with E-state index in [1.165, 1.54) is 12.1 Å². The first kappa shape index (κ1) is 31.7. The summed E-state index contributed by atoms with van der Waals surface area (Å²) in [6.45, 7) is 10.9. The SMILES string of the molecule is C=Nc1cc(C)ccc1NC(=O)/C(CCc1ccc(F)cc1)=C(\N)c1ccc(COCCOCCOCCC)cc1. The Morgan fingerprint density at radius 3 is 2.20 bits per heavy atom. The lowest BCUT2D eigenvalue weighted by Crippen LogP contribution is -2.19. The first-order valence-electron chi connectivity index (χ1n) is 13.9. The highest BCUT2D eigenvalue weighted by molar-refractivity contribution is 6.09. The van der Waals surface area contributed by atoms with Crippen molar-refractivity contribution in [1.82, 2.24) is 0 Å². The number of hydrogen-bond donors (Lipinski definition) is 2. The van der Waals surface area contributed by atoms with Crippen LogP contribution in [0.5, 0.6) is 0 Å². The Bertz CT molecular complexity index is 1290. The summed E-state index contributed by atoms with van der Waals surface area (Å²) >= 11 is 0. The molecule has 0 aliphatic carbocycles. The van der Waals surface area contributed by atoms with Gasteiger partial charge in [0.2, 0.25) is 0 Å². The van der Waals surface area contributed by atoms with Crippen LogP contribution in [-0.2, 0) is 32.0 Å². The first-order valence-corrected chi connectivity index (χ1v) is 13.9. The third kappa shape index (κ3) is 10.6. The normalized spacial score (nSPS) is 11.7. The van der Waals surface area contributed by atoms with Crippen molar-refractivity contribution < 1.29 is 23.4 Å². The van der Waals surface area contributed by atoms with Gasteiger partial charge in [-0.15, -0.1) is 0 Å². The van der Waals surface area contributed by atoms with E-state index in [4.69, 9.17) is 19.9 Å². The molecule has 0 unspecified atom stereocenters. The van der Waals surface area contributed by atoms with Crippen molar-refractivity contribution >= 4 is 29.7 Å². The summed E-state index contributed by atoms with van der Waals surface area (Å²) in [6, 6.07) is 19.4. The molecule has 0 aliphatic heterocycles. The number of rotatable bonds is 17. The maximum absolute atomic E-state index is 13.5. The van der Waals surface area contributed by atoms with Crippen LogP contribution in [0.4, 0.5) is 15.8 Å². The minimum atomic E-state index is -0.328. The molecule has 3 aromatic carbocycles. The molecule has 0 bridgehead atoms. The molecular weight excluding hydrogens is 521 g/mol. The zero-order valence-corrected chi connectivity index (χ0v) is 24.0. The Hall–Kier alpha value is -3.85. The molecule has 7 nitrogen and oxygen atoms in total. The number of aliphatic imine (C=N–C) groups is 1. The standard InChI is InChI=1S/C33H40FN3O4/c1-4-17-39-18-19-40-20-21-41-23-26-6-11-27(12-7-26)32(35)29(15-10-25-8-13-28(34)14-9-25)33(38)37-30-16-5-24(2)22-31(30)36-3/h5-9,11-14,16,22H,3-4,10,15,17-21,23,35H2,1-2H3,(H,37,38)/b32-29-. The molecule has 3 N–H and O–H groups in total. The van der Waals surface area contributed by atoms with Gasteiger partial charge in [0, 0.05) is 17.9 Å². The molecule has 0 fully saturated rings. The summed E-state index contributed by atoms with van der Waals surface area (Å²) in [7, 11) is 0. The van der Waals surface area contributed by atoms with Crippen molar-refractivity contribution in [3.05, 3.63) is 100 Å². The fourth-order valence-corrected chi connectivity index (χ4v) is 4.10. The van der Waals surface area contributed by atoms with Gasteiger partial charge in [-0.05, 0) is 79.4 Å². The lowest BCUT2D eigenvalue weighted by molar-refractivity contribution is -0.112. The molecule has 1 amide bonds. The first-order chi connectivity index (χ1) is 19.9. The molecule has 0 radical (unpaired) electrons. The molecule has 8 heteroatoms. The van der Waals surface area contributed by atoms with Crippen molar-refractivity contribution in [3.63, 3.8) is 0 Å². The van der Waals surface area contributed by atoms with Crippen LogP contribution in [0.2, 0.25) is 0 Å². The average Bonchev–Trinajstić information content (AvgIpc) is 2.98. The van der Waals surface area contributed by atoms with Gasteiger partial charge < -0.3 is 25.3 Å². The van der Waals surface area contributed by atoms with E-state index in [0.717, 1.165) is 35.3 Å². The maximum Gasteiger partial charge on any atom is 0.253 e. The topological polar surface area (TPSA) is 95.2 Å². The number of nitrogens with two attached hydrogens (primary N) is 1. The van der Waals surface area contributed by atoms with E-state index in [0.29, 0.717) is 68.5 Å². The van der Waals surface area contributed by atoms with E-state index in [2.05, 4.69) is 24.0 Å². The fourth-order valence-electron chi connectivity index (χ4n) is 4.10. The molecule has 41 heavy (non-hydrogen) atoms. The predicted octanol–water partition coefficient (Wildman–Crippen LogP) is 6.37. The summed E-state index contributed by atoms with van der Waals surface area (Å²) in [5.41, 5.74) is 12.1. The van der Waals surface area contributed by atoms with E-state index in [-0.39, 0.29) is 11.7 Å². The molecule has 218 valence electrons. The molecule has 0 saturated carbocycles. The second kappa shape index (κ2) is 17.1. The number of amides is 1. The van der Waals surface area contributed by atoms with Crippen LogP contribution in [-0.4, -0.2) is 45.7 Å². The quantitative estimate of drug-likeness (QED) is 0.114. The van der Waals surface area contributed by atoms with Crippen LogP contribution in [0.15, 0.2) is 77.3 Å². The van der Waals surface area contributed by atoms with Crippen molar-refractivity contribution in [1.29, 1.82) is 0 Å². The number of benzene rings is 3. The van der Waals surface area contributed by atoms with Crippen LogP contribution in [0.3, 0.4) is 0 Å². The molecule has 0 aromatic heterocycles. The number of aryl methyl sites for hydroxylation is 2. The Kier molecular flexibility index (Phi) is 13.2. The number of nitrogens with zero attached hydrogens (tertiary/aromatic N) is 1. The van der Waals surface area contributed by atoms with E-state index in [1.807, 2.05) is 43.3 Å².